The SMILES string of the molecule is COc1ccccc1NC(=O)C(C)n1nc(-c2ccc(F)cc2)ccc1=O. The normalized spacial score (nSPS) is 11.7. The largest absolute Gasteiger partial charge is 0.495 e. The van der Waals surface area contributed by atoms with Crippen LogP contribution in [0.4, 0.5) is 10.1 Å². The van der Waals surface area contributed by atoms with E-state index >= 15 is 0 Å². The molecule has 1 aromatic heterocycles. The van der Waals surface area contributed by atoms with Gasteiger partial charge in [-0.25, -0.2) is 9.07 Å². The van der Waals surface area contributed by atoms with Gasteiger partial charge in [-0.05, 0) is 49.4 Å². The molecule has 3 aromatic rings. The van der Waals surface area contributed by atoms with Gasteiger partial charge in [0, 0.05) is 11.6 Å². The van der Waals surface area contributed by atoms with Crippen molar-refractivity contribution in [3.05, 3.63) is 76.8 Å². The number of halogens is 1. The summed E-state index contributed by atoms with van der Waals surface area (Å²) in [4.78, 5) is 24.8. The van der Waals surface area contributed by atoms with Crippen LogP contribution in [0, 0.1) is 5.82 Å². The van der Waals surface area contributed by atoms with Gasteiger partial charge in [0.2, 0.25) is 5.91 Å². The first-order chi connectivity index (χ1) is 13.0. The molecule has 1 atom stereocenters. The van der Waals surface area contributed by atoms with Gasteiger partial charge < -0.3 is 10.1 Å². The van der Waals surface area contributed by atoms with E-state index in [0.717, 1.165) is 4.68 Å². The Balaban J connectivity index is 1.88. The first kappa shape index (κ1) is 18.3. The maximum atomic E-state index is 13.1. The van der Waals surface area contributed by atoms with E-state index in [-0.39, 0.29) is 5.82 Å². The zero-order valence-electron chi connectivity index (χ0n) is 14.8. The lowest BCUT2D eigenvalue weighted by Crippen LogP contribution is -2.33. The number of anilines is 1. The number of nitrogens with zero attached hydrogens (tertiary/aromatic N) is 2. The van der Waals surface area contributed by atoms with Crippen molar-refractivity contribution in [2.24, 2.45) is 0 Å². The van der Waals surface area contributed by atoms with E-state index in [0.29, 0.717) is 22.7 Å². The van der Waals surface area contributed by atoms with Crippen LogP contribution in [0.15, 0.2) is 65.5 Å². The number of amides is 1. The summed E-state index contributed by atoms with van der Waals surface area (Å²) in [6.07, 6.45) is 0. The number of hydrogen-bond acceptors (Lipinski definition) is 4. The second-order valence-corrected chi connectivity index (χ2v) is 5.87. The first-order valence-electron chi connectivity index (χ1n) is 8.29. The molecule has 0 aliphatic carbocycles. The summed E-state index contributed by atoms with van der Waals surface area (Å²) in [5.41, 5.74) is 1.19. The molecule has 3 rings (SSSR count). The second kappa shape index (κ2) is 7.82. The van der Waals surface area contributed by atoms with Crippen LogP contribution >= 0.6 is 0 Å². The van der Waals surface area contributed by atoms with E-state index in [2.05, 4.69) is 10.4 Å². The van der Waals surface area contributed by atoms with Crippen molar-refractivity contribution in [2.45, 2.75) is 13.0 Å². The number of nitrogens with one attached hydrogen (secondary N) is 1. The van der Waals surface area contributed by atoms with E-state index < -0.39 is 17.5 Å². The lowest BCUT2D eigenvalue weighted by atomic mass is 10.1. The Morgan fingerprint density at radius 1 is 1.11 bits per heavy atom. The fourth-order valence-electron chi connectivity index (χ4n) is 2.57. The minimum absolute atomic E-state index is 0.364. The van der Waals surface area contributed by atoms with Gasteiger partial charge in [0.05, 0.1) is 18.5 Å². The molecule has 1 unspecified atom stereocenters. The number of aromatic nitrogens is 2. The van der Waals surface area contributed by atoms with Gasteiger partial charge in [0.15, 0.2) is 0 Å². The van der Waals surface area contributed by atoms with Gasteiger partial charge in [-0.2, -0.15) is 5.10 Å². The van der Waals surface area contributed by atoms with Crippen molar-refractivity contribution >= 4 is 11.6 Å². The smallest absolute Gasteiger partial charge is 0.267 e. The van der Waals surface area contributed by atoms with Crippen molar-refractivity contribution in [2.75, 3.05) is 12.4 Å². The zero-order chi connectivity index (χ0) is 19.4. The molecular weight excluding hydrogens is 349 g/mol. The molecule has 0 aliphatic rings. The average Bonchev–Trinajstić information content (AvgIpc) is 2.69. The summed E-state index contributed by atoms with van der Waals surface area (Å²) in [7, 11) is 1.51. The number of rotatable bonds is 5. The Morgan fingerprint density at radius 2 is 1.81 bits per heavy atom. The monoisotopic (exact) mass is 367 g/mol. The number of ether oxygens (including phenoxy) is 1. The molecule has 0 bridgehead atoms. The molecule has 0 radical (unpaired) electrons. The summed E-state index contributed by atoms with van der Waals surface area (Å²) in [5.74, 6) is -0.264. The number of para-hydroxylation sites is 2. The Kier molecular flexibility index (Phi) is 5.30. The van der Waals surface area contributed by atoms with Crippen LogP contribution in [0.2, 0.25) is 0 Å². The number of carbonyl (C=O) groups is 1. The Bertz CT molecular complexity index is 1020. The highest BCUT2D eigenvalue weighted by Crippen LogP contribution is 2.24. The van der Waals surface area contributed by atoms with Crippen LogP contribution in [0.1, 0.15) is 13.0 Å². The number of hydrogen-bond donors (Lipinski definition) is 1. The second-order valence-electron chi connectivity index (χ2n) is 5.87. The average molecular weight is 367 g/mol. The van der Waals surface area contributed by atoms with Crippen LogP contribution in [0.5, 0.6) is 5.75 Å². The number of carbonyl (C=O) groups excluding carboxylic acids is 1. The van der Waals surface area contributed by atoms with Crippen LogP contribution in [-0.4, -0.2) is 22.8 Å². The summed E-state index contributed by atoms with van der Waals surface area (Å²) < 4.78 is 19.4. The van der Waals surface area contributed by atoms with Crippen molar-refractivity contribution < 1.29 is 13.9 Å². The molecule has 0 saturated carbocycles. The highest BCUT2D eigenvalue weighted by molar-refractivity contribution is 5.94. The number of methoxy groups -OCH3 is 1. The van der Waals surface area contributed by atoms with E-state index in [1.54, 1.807) is 43.3 Å². The molecule has 1 heterocycles. The minimum atomic E-state index is -0.859. The summed E-state index contributed by atoms with van der Waals surface area (Å²) in [6.45, 7) is 1.58. The van der Waals surface area contributed by atoms with Crippen molar-refractivity contribution in [3.63, 3.8) is 0 Å². The van der Waals surface area contributed by atoms with Crippen LogP contribution in [0.25, 0.3) is 11.3 Å². The third-order valence-corrected chi connectivity index (χ3v) is 4.08. The molecule has 7 heteroatoms. The van der Waals surface area contributed by atoms with Gasteiger partial charge in [0.1, 0.15) is 17.6 Å². The Labute approximate surface area is 155 Å². The van der Waals surface area contributed by atoms with E-state index in [9.17, 15) is 14.0 Å². The maximum absolute atomic E-state index is 13.1. The highest BCUT2D eigenvalue weighted by atomic mass is 19.1. The van der Waals surface area contributed by atoms with Crippen LogP contribution < -0.4 is 15.6 Å². The third kappa shape index (κ3) is 4.03. The van der Waals surface area contributed by atoms with Gasteiger partial charge in [-0.15, -0.1) is 0 Å². The zero-order valence-corrected chi connectivity index (χ0v) is 14.8. The summed E-state index contributed by atoms with van der Waals surface area (Å²) in [5, 5.41) is 7.01. The topological polar surface area (TPSA) is 73.2 Å². The lowest BCUT2D eigenvalue weighted by molar-refractivity contribution is -0.119. The van der Waals surface area contributed by atoms with Crippen LogP contribution in [-0.2, 0) is 4.79 Å². The predicted molar refractivity (Wildman–Crippen MR) is 100 cm³/mol. The molecule has 0 fully saturated rings. The standard InChI is InChI=1S/C20H18FN3O3/c1-13(20(26)22-17-5-3-4-6-18(17)27-2)24-19(25)12-11-16(23-24)14-7-9-15(21)10-8-14/h3-13H,1-2H3,(H,22,26). The molecule has 0 saturated heterocycles. The first-order valence-corrected chi connectivity index (χ1v) is 8.29. The Morgan fingerprint density at radius 3 is 2.52 bits per heavy atom. The summed E-state index contributed by atoms with van der Waals surface area (Å²) in [6, 6.07) is 14.7. The molecule has 1 N–H and O–H groups in total. The molecule has 0 spiro atoms. The molecule has 6 nitrogen and oxygen atoms in total. The molecule has 1 amide bonds. The molecule has 0 aliphatic heterocycles. The number of benzene rings is 2. The summed E-state index contributed by atoms with van der Waals surface area (Å²) >= 11 is 0. The van der Waals surface area contributed by atoms with Crippen molar-refractivity contribution in [3.8, 4) is 17.0 Å². The highest BCUT2D eigenvalue weighted by Gasteiger charge is 2.19. The maximum Gasteiger partial charge on any atom is 0.267 e. The van der Waals surface area contributed by atoms with Gasteiger partial charge in [-0.3, -0.25) is 9.59 Å². The van der Waals surface area contributed by atoms with Crippen molar-refractivity contribution in [1.29, 1.82) is 0 Å². The lowest BCUT2D eigenvalue weighted by Gasteiger charge is -2.16. The minimum Gasteiger partial charge on any atom is -0.495 e. The third-order valence-electron chi connectivity index (χ3n) is 4.08. The van der Waals surface area contributed by atoms with E-state index in [1.165, 1.54) is 31.4 Å². The van der Waals surface area contributed by atoms with E-state index in [1.807, 2.05) is 0 Å². The Hall–Kier alpha value is -3.48. The van der Waals surface area contributed by atoms with Crippen molar-refractivity contribution in [1.82, 2.24) is 9.78 Å². The fourth-order valence-corrected chi connectivity index (χ4v) is 2.57. The molecule has 27 heavy (non-hydrogen) atoms. The predicted octanol–water partition coefficient (Wildman–Crippen LogP) is 3.26. The molecular formula is C20H18FN3O3. The van der Waals surface area contributed by atoms with Gasteiger partial charge >= 0.3 is 0 Å². The van der Waals surface area contributed by atoms with Gasteiger partial charge in [0.25, 0.3) is 5.56 Å². The van der Waals surface area contributed by atoms with Crippen LogP contribution in [0.3, 0.4) is 0 Å². The van der Waals surface area contributed by atoms with E-state index in [4.69, 9.17) is 4.74 Å². The fraction of sp³-hybridized carbons (Fsp3) is 0.150. The quantitative estimate of drug-likeness (QED) is 0.751. The molecule has 138 valence electrons. The molecule has 2 aromatic carbocycles. The van der Waals surface area contributed by atoms with Gasteiger partial charge in [-0.1, -0.05) is 12.1 Å².